The number of carbonyl (C=O) groups is 1. The highest BCUT2D eigenvalue weighted by Gasteiger charge is 2.22. The lowest BCUT2D eigenvalue weighted by molar-refractivity contribution is 0.0757. The number of nitrogens with zero attached hydrogens (tertiary/aromatic N) is 3. The Kier molecular flexibility index (Phi) is 6.29. The van der Waals surface area contributed by atoms with Crippen LogP contribution in [0.3, 0.4) is 0 Å². The van der Waals surface area contributed by atoms with Crippen LogP contribution in [0, 0.1) is 0 Å². The molecule has 0 aliphatic heterocycles. The van der Waals surface area contributed by atoms with Crippen LogP contribution in [0.4, 0.5) is 0 Å². The zero-order valence-electron chi connectivity index (χ0n) is 14.8. The molecule has 2 aromatic rings. The third-order valence-corrected chi connectivity index (χ3v) is 6.64. The van der Waals surface area contributed by atoms with E-state index in [2.05, 4.69) is 4.98 Å². The molecule has 136 valence electrons. The monoisotopic (exact) mass is 381 g/mol. The van der Waals surface area contributed by atoms with Gasteiger partial charge in [-0.3, -0.25) is 9.36 Å². The van der Waals surface area contributed by atoms with Crippen LogP contribution in [-0.4, -0.2) is 59.6 Å². The van der Waals surface area contributed by atoms with Crippen LogP contribution in [0.2, 0.25) is 0 Å². The van der Waals surface area contributed by atoms with E-state index in [9.17, 15) is 13.2 Å². The van der Waals surface area contributed by atoms with Crippen molar-refractivity contribution in [2.75, 3.05) is 24.8 Å². The van der Waals surface area contributed by atoms with E-state index in [1.807, 2.05) is 29.2 Å². The third-order valence-electron chi connectivity index (χ3n) is 4.10. The van der Waals surface area contributed by atoms with E-state index in [0.29, 0.717) is 5.56 Å². The highest BCUT2D eigenvalue weighted by atomic mass is 32.2. The molecule has 1 atom stereocenters. The van der Waals surface area contributed by atoms with E-state index in [4.69, 9.17) is 0 Å². The second-order valence-electron chi connectivity index (χ2n) is 5.79. The molecule has 0 saturated carbocycles. The van der Waals surface area contributed by atoms with Crippen molar-refractivity contribution in [2.24, 2.45) is 0 Å². The molecule has 25 heavy (non-hydrogen) atoms. The van der Waals surface area contributed by atoms with Crippen LogP contribution < -0.4 is 0 Å². The maximum absolute atomic E-state index is 12.6. The molecule has 0 aliphatic rings. The molecule has 0 saturated heterocycles. The molecular weight excluding hydrogens is 358 g/mol. The molecule has 1 amide bonds. The van der Waals surface area contributed by atoms with E-state index in [1.54, 1.807) is 51.0 Å². The van der Waals surface area contributed by atoms with Gasteiger partial charge in [0.2, 0.25) is 0 Å². The number of rotatable bonds is 7. The number of sulfone groups is 1. The number of benzene rings is 1. The average Bonchev–Trinajstić information content (AvgIpc) is 3.09. The summed E-state index contributed by atoms with van der Waals surface area (Å²) in [5.41, 5.74) is 1.44. The van der Waals surface area contributed by atoms with Crippen molar-refractivity contribution >= 4 is 27.5 Å². The summed E-state index contributed by atoms with van der Waals surface area (Å²) < 4.78 is 25.5. The quantitative estimate of drug-likeness (QED) is 0.689. The molecule has 0 bridgehead atoms. The molecule has 0 aliphatic carbocycles. The third kappa shape index (κ3) is 4.64. The zero-order valence-corrected chi connectivity index (χ0v) is 16.5. The fourth-order valence-corrected chi connectivity index (χ4v) is 4.13. The molecule has 1 unspecified atom stereocenters. The summed E-state index contributed by atoms with van der Waals surface area (Å²) in [6.07, 6.45) is 5.55. The molecule has 6 nitrogen and oxygen atoms in total. The molecule has 1 aromatic carbocycles. The minimum atomic E-state index is -3.13. The summed E-state index contributed by atoms with van der Waals surface area (Å²) in [4.78, 5) is 18.3. The molecular formula is C17H23N3O3S2. The molecule has 0 fully saturated rings. The number of hydrogen-bond acceptors (Lipinski definition) is 5. The van der Waals surface area contributed by atoms with Crippen LogP contribution in [-0.2, 0) is 9.84 Å². The Morgan fingerprint density at radius 2 is 1.96 bits per heavy atom. The number of aromatic nitrogens is 2. The van der Waals surface area contributed by atoms with Crippen molar-refractivity contribution in [1.29, 1.82) is 0 Å². The van der Waals surface area contributed by atoms with Gasteiger partial charge in [0, 0.05) is 42.5 Å². The summed E-state index contributed by atoms with van der Waals surface area (Å²) in [6, 6.07) is 6.83. The predicted molar refractivity (Wildman–Crippen MR) is 101 cm³/mol. The fourth-order valence-electron chi connectivity index (χ4n) is 2.40. The number of hydrogen-bond donors (Lipinski definition) is 0. The van der Waals surface area contributed by atoms with Crippen LogP contribution in [0.1, 0.15) is 24.2 Å². The Hall–Kier alpha value is -1.80. The van der Waals surface area contributed by atoms with Crippen molar-refractivity contribution < 1.29 is 13.2 Å². The minimum Gasteiger partial charge on any atom is -0.338 e. The lowest BCUT2D eigenvalue weighted by atomic mass is 10.1. The van der Waals surface area contributed by atoms with Crippen molar-refractivity contribution in [3.8, 4) is 5.69 Å². The summed E-state index contributed by atoms with van der Waals surface area (Å²) in [5.74, 6) is -0.145. The van der Waals surface area contributed by atoms with Crippen LogP contribution in [0.25, 0.3) is 5.69 Å². The fraction of sp³-hybridized carbons (Fsp3) is 0.412. The van der Waals surface area contributed by atoms with Gasteiger partial charge in [0.1, 0.15) is 0 Å². The molecule has 0 radical (unpaired) electrons. The number of thioether (sulfide) groups is 1. The van der Waals surface area contributed by atoms with Gasteiger partial charge >= 0.3 is 0 Å². The van der Waals surface area contributed by atoms with Crippen molar-refractivity contribution in [3.63, 3.8) is 0 Å². The number of imidazole rings is 1. The highest BCUT2D eigenvalue weighted by molar-refractivity contribution is 7.98. The summed E-state index contributed by atoms with van der Waals surface area (Å²) in [7, 11) is -1.50. The molecule has 1 heterocycles. The molecule has 0 spiro atoms. The SMILES string of the molecule is CCS(=O)(=O)CC(C)N(C)C(=O)c1ccc(-n2ccnc2SC)cc1. The van der Waals surface area contributed by atoms with Gasteiger partial charge in [-0.15, -0.1) is 0 Å². The van der Waals surface area contributed by atoms with Crippen LogP contribution >= 0.6 is 11.8 Å². The van der Waals surface area contributed by atoms with Gasteiger partial charge in [0.25, 0.3) is 5.91 Å². The number of amides is 1. The predicted octanol–water partition coefficient (Wildman–Crippen LogP) is 2.49. The first kappa shape index (κ1) is 19.5. The van der Waals surface area contributed by atoms with Gasteiger partial charge in [0.05, 0.1) is 5.75 Å². The van der Waals surface area contributed by atoms with Gasteiger partial charge < -0.3 is 4.90 Å². The molecule has 2 rings (SSSR count). The Labute approximate surface area is 153 Å². The van der Waals surface area contributed by atoms with Gasteiger partial charge in [-0.05, 0) is 37.4 Å². The number of carbonyl (C=O) groups excluding carboxylic acids is 1. The van der Waals surface area contributed by atoms with E-state index in [0.717, 1.165) is 10.8 Å². The molecule has 0 N–H and O–H groups in total. The summed E-state index contributed by atoms with van der Waals surface area (Å²) in [5, 5.41) is 0.870. The topological polar surface area (TPSA) is 72.3 Å². The Balaban J connectivity index is 2.15. The molecule has 8 heteroatoms. The first-order valence-corrected chi connectivity index (χ1v) is 11.0. The van der Waals surface area contributed by atoms with Gasteiger partial charge in [0.15, 0.2) is 15.0 Å². The lowest BCUT2D eigenvalue weighted by Gasteiger charge is -2.25. The average molecular weight is 382 g/mol. The van der Waals surface area contributed by atoms with Crippen LogP contribution in [0.5, 0.6) is 0 Å². The van der Waals surface area contributed by atoms with Crippen molar-refractivity contribution in [3.05, 3.63) is 42.2 Å². The summed E-state index contributed by atoms with van der Waals surface area (Å²) >= 11 is 1.54. The second-order valence-corrected chi connectivity index (χ2v) is 8.97. The van der Waals surface area contributed by atoms with E-state index < -0.39 is 9.84 Å². The largest absolute Gasteiger partial charge is 0.338 e. The van der Waals surface area contributed by atoms with Gasteiger partial charge in [-0.1, -0.05) is 18.7 Å². The van der Waals surface area contributed by atoms with Crippen molar-refractivity contribution in [2.45, 2.75) is 25.0 Å². The molecule has 1 aromatic heterocycles. The first-order valence-electron chi connectivity index (χ1n) is 7.94. The van der Waals surface area contributed by atoms with E-state index >= 15 is 0 Å². The van der Waals surface area contributed by atoms with E-state index in [-0.39, 0.29) is 23.5 Å². The Morgan fingerprint density at radius 1 is 1.32 bits per heavy atom. The Morgan fingerprint density at radius 3 is 2.52 bits per heavy atom. The van der Waals surface area contributed by atoms with Gasteiger partial charge in [-0.2, -0.15) is 0 Å². The van der Waals surface area contributed by atoms with Gasteiger partial charge in [-0.25, -0.2) is 13.4 Å². The van der Waals surface area contributed by atoms with E-state index in [1.165, 1.54) is 4.90 Å². The maximum Gasteiger partial charge on any atom is 0.253 e. The zero-order chi connectivity index (χ0) is 18.6. The first-order chi connectivity index (χ1) is 11.8. The lowest BCUT2D eigenvalue weighted by Crippen LogP contribution is -2.39. The van der Waals surface area contributed by atoms with Crippen LogP contribution in [0.15, 0.2) is 41.8 Å². The second kappa shape index (κ2) is 8.05. The van der Waals surface area contributed by atoms with Crippen molar-refractivity contribution in [1.82, 2.24) is 14.5 Å². The minimum absolute atomic E-state index is 0.0318. The Bertz CT molecular complexity index is 829. The smallest absolute Gasteiger partial charge is 0.253 e. The highest BCUT2D eigenvalue weighted by Crippen LogP contribution is 2.19. The normalized spacial score (nSPS) is 12.8. The maximum atomic E-state index is 12.6. The summed E-state index contributed by atoms with van der Waals surface area (Å²) in [6.45, 7) is 3.36. The standard InChI is InChI=1S/C17H23N3O3S2/c1-5-25(22,23)12-13(2)19(3)16(21)14-6-8-15(9-7-14)20-11-10-18-17(20)24-4/h6-11,13H,5,12H2,1-4H3.